The molecule has 0 aliphatic heterocycles. The van der Waals surface area contributed by atoms with Gasteiger partial charge in [0, 0.05) is 6.54 Å². The number of nitrogens with zero attached hydrogens (tertiary/aromatic N) is 1. The Morgan fingerprint density at radius 2 is 1.45 bits per heavy atom. The van der Waals surface area contributed by atoms with Crippen molar-refractivity contribution >= 4 is 17.7 Å². The lowest BCUT2D eigenvalue weighted by Gasteiger charge is -2.14. The molecule has 0 spiro atoms. The number of aliphatic hydroxyl groups is 1. The Balaban J connectivity index is 2.03. The predicted molar refractivity (Wildman–Crippen MR) is 93.2 cm³/mol. The van der Waals surface area contributed by atoms with Gasteiger partial charge in [-0.2, -0.15) is 0 Å². The van der Waals surface area contributed by atoms with Gasteiger partial charge < -0.3 is 5.11 Å². The maximum absolute atomic E-state index is 9.13. The van der Waals surface area contributed by atoms with E-state index in [-0.39, 0.29) is 6.73 Å². The van der Waals surface area contributed by atoms with Crippen LogP contribution < -0.4 is 0 Å². The van der Waals surface area contributed by atoms with Crippen LogP contribution >= 0.6 is 0 Å². The second-order valence-electron chi connectivity index (χ2n) is 5.64. The first kappa shape index (κ1) is 14.8. The fourth-order valence-corrected chi connectivity index (χ4v) is 2.82. The van der Waals surface area contributed by atoms with Gasteiger partial charge in [-0.3, -0.25) is 4.90 Å². The Morgan fingerprint density at radius 3 is 2.00 bits per heavy atom. The number of benzene rings is 2. The predicted octanol–water partition coefficient (Wildman–Crippen LogP) is 3.87. The summed E-state index contributed by atoms with van der Waals surface area (Å²) >= 11 is 0. The molecule has 0 saturated carbocycles. The van der Waals surface area contributed by atoms with Gasteiger partial charge in [-0.25, -0.2) is 0 Å². The van der Waals surface area contributed by atoms with Gasteiger partial charge >= 0.3 is 0 Å². The van der Waals surface area contributed by atoms with Crippen molar-refractivity contribution in [2.75, 3.05) is 20.3 Å². The van der Waals surface area contributed by atoms with Crippen LogP contribution in [0.25, 0.3) is 17.7 Å². The summed E-state index contributed by atoms with van der Waals surface area (Å²) in [6.45, 7) is 0.940. The molecule has 0 unspecified atom stereocenters. The molecule has 0 amide bonds. The molecular formula is C20H21NO. The van der Waals surface area contributed by atoms with Gasteiger partial charge in [0.05, 0.1) is 6.73 Å². The number of aliphatic hydroxyl groups excluding tert-OH is 1. The lowest BCUT2D eigenvalue weighted by Crippen LogP contribution is -2.19. The molecule has 0 bridgehead atoms. The molecule has 2 nitrogen and oxygen atoms in total. The van der Waals surface area contributed by atoms with Crippen LogP contribution in [0.1, 0.15) is 28.7 Å². The molecule has 0 fully saturated rings. The molecule has 0 aromatic heterocycles. The van der Waals surface area contributed by atoms with Crippen LogP contribution in [0.4, 0.5) is 0 Å². The largest absolute Gasteiger partial charge is 0.381 e. The maximum Gasteiger partial charge on any atom is 0.0954 e. The molecule has 0 radical (unpaired) electrons. The van der Waals surface area contributed by atoms with Crippen LogP contribution in [0.2, 0.25) is 0 Å². The van der Waals surface area contributed by atoms with Crippen LogP contribution in [0.15, 0.2) is 54.6 Å². The maximum atomic E-state index is 9.13. The van der Waals surface area contributed by atoms with Gasteiger partial charge in [-0.05, 0) is 41.3 Å². The molecule has 0 atom stereocenters. The third-order valence-corrected chi connectivity index (χ3v) is 4.05. The topological polar surface area (TPSA) is 23.5 Å². The first-order valence-electron chi connectivity index (χ1n) is 7.66. The quantitative estimate of drug-likeness (QED) is 0.738. The van der Waals surface area contributed by atoms with Crippen LogP contribution in [0.3, 0.4) is 0 Å². The Bertz CT molecular complexity index is 664. The van der Waals surface area contributed by atoms with E-state index in [0.29, 0.717) is 0 Å². The van der Waals surface area contributed by atoms with Crippen molar-refractivity contribution < 1.29 is 5.11 Å². The lowest BCUT2D eigenvalue weighted by atomic mass is 9.93. The van der Waals surface area contributed by atoms with Crippen LogP contribution in [-0.4, -0.2) is 30.3 Å². The van der Waals surface area contributed by atoms with E-state index < -0.39 is 0 Å². The molecule has 1 N–H and O–H groups in total. The summed E-state index contributed by atoms with van der Waals surface area (Å²) in [7, 11) is 1.93. The SMILES string of the molecule is CN(CO)CCC=C1c2ccccc2C=Cc2ccccc21. The summed E-state index contributed by atoms with van der Waals surface area (Å²) in [5, 5.41) is 9.13. The highest BCUT2D eigenvalue weighted by molar-refractivity contribution is 5.93. The molecule has 3 rings (SSSR count). The van der Waals surface area contributed by atoms with E-state index in [9.17, 15) is 0 Å². The van der Waals surface area contributed by atoms with Crippen molar-refractivity contribution in [3.05, 3.63) is 76.9 Å². The van der Waals surface area contributed by atoms with Gasteiger partial charge in [0.2, 0.25) is 0 Å². The van der Waals surface area contributed by atoms with E-state index in [1.807, 2.05) is 11.9 Å². The van der Waals surface area contributed by atoms with E-state index in [1.54, 1.807) is 0 Å². The zero-order valence-electron chi connectivity index (χ0n) is 12.9. The first-order chi connectivity index (χ1) is 10.8. The molecule has 1 aliphatic rings. The van der Waals surface area contributed by atoms with E-state index in [0.717, 1.165) is 13.0 Å². The average Bonchev–Trinajstić information content (AvgIpc) is 2.72. The summed E-state index contributed by atoms with van der Waals surface area (Å²) in [6, 6.07) is 17.0. The Hall–Kier alpha value is -2.16. The van der Waals surface area contributed by atoms with Crippen molar-refractivity contribution in [3.63, 3.8) is 0 Å². The average molecular weight is 291 g/mol. The first-order valence-corrected chi connectivity index (χ1v) is 7.66. The Labute approximate surface area is 132 Å². The minimum atomic E-state index is 0.0951. The number of hydrogen-bond donors (Lipinski definition) is 1. The van der Waals surface area contributed by atoms with Crippen molar-refractivity contribution in [3.8, 4) is 0 Å². The van der Waals surface area contributed by atoms with E-state index >= 15 is 0 Å². The van der Waals surface area contributed by atoms with Gasteiger partial charge in [0.15, 0.2) is 0 Å². The number of rotatable bonds is 4. The van der Waals surface area contributed by atoms with Crippen molar-refractivity contribution in [1.82, 2.24) is 4.90 Å². The fraction of sp³-hybridized carbons (Fsp3) is 0.200. The van der Waals surface area contributed by atoms with Gasteiger partial charge in [0.1, 0.15) is 0 Å². The minimum Gasteiger partial charge on any atom is -0.381 e. The molecule has 0 heterocycles. The van der Waals surface area contributed by atoms with E-state index in [1.165, 1.54) is 27.8 Å². The monoisotopic (exact) mass is 291 g/mol. The number of fused-ring (bicyclic) bond motifs is 2. The highest BCUT2D eigenvalue weighted by Gasteiger charge is 2.13. The fourth-order valence-electron chi connectivity index (χ4n) is 2.82. The molecule has 2 aromatic rings. The third kappa shape index (κ3) is 3.03. The third-order valence-electron chi connectivity index (χ3n) is 4.05. The smallest absolute Gasteiger partial charge is 0.0954 e. The molecule has 22 heavy (non-hydrogen) atoms. The Kier molecular flexibility index (Phi) is 4.52. The van der Waals surface area contributed by atoms with Gasteiger partial charge in [-0.1, -0.05) is 66.8 Å². The molecular weight excluding hydrogens is 270 g/mol. The highest BCUT2D eigenvalue weighted by atomic mass is 16.3. The Morgan fingerprint density at radius 1 is 0.909 bits per heavy atom. The molecule has 0 saturated heterocycles. The van der Waals surface area contributed by atoms with Gasteiger partial charge in [-0.15, -0.1) is 0 Å². The normalized spacial score (nSPS) is 12.8. The summed E-state index contributed by atoms with van der Waals surface area (Å²) < 4.78 is 0. The van der Waals surface area contributed by atoms with Crippen molar-refractivity contribution in [2.45, 2.75) is 6.42 Å². The molecule has 1 aliphatic carbocycles. The summed E-state index contributed by atoms with van der Waals surface area (Å²) in [4.78, 5) is 1.91. The number of hydrogen-bond acceptors (Lipinski definition) is 2. The summed E-state index contributed by atoms with van der Waals surface area (Å²) in [5.41, 5.74) is 6.33. The van der Waals surface area contributed by atoms with Crippen LogP contribution in [0.5, 0.6) is 0 Å². The van der Waals surface area contributed by atoms with Crippen LogP contribution in [-0.2, 0) is 0 Å². The van der Waals surface area contributed by atoms with Crippen molar-refractivity contribution in [2.24, 2.45) is 0 Å². The van der Waals surface area contributed by atoms with Crippen molar-refractivity contribution in [1.29, 1.82) is 0 Å². The van der Waals surface area contributed by atoms with Crippen LogP contribution in [0, 0.1) is 0 Å². The molecule has 112 valence electrons. The summed E-state index contributed by atoms with van der Waals surface area (Å²) in [5.74, 6) is 0. The second kappa shape index (κ2) is 6.73. The molecule has 2 aromatic carbocycles. The van der Waals surface area contributed by atoms with Gasteiger partial charge in [0.25, 0.3) is 0 Å². The second-order valence-corrected chi connectivity index (χ2v) is 5.64. The van der Waals surface area contributed by atoms with E-state index in [2.05, 4.69) is 66.8 Å². The molecule has 2 heteroatoms. The zero-order chi connectivity index (χ0) is 15.4. The highest BCUT2D eigenvalue weighted by Crippen LogP contribution is 2.33. The standard InChI is InChI=1S/C20H21NO/c1-21(15-22)14-6-11-20-18-9-4-2-7-16(18)12-13-17-8-3-5-10-19(17)20/h2-5,7-13,22H,6,14-15H2,1H3. The minimum absolute atomic E-state index is 0.0951. The lowest BCUT2D eigenvalue weighted by molar-refractivity contribution is 0.134. The zero-order valence-corrected chi connectivity index (χ0v) is 12.9. The summed E-state index contributed by atoms with van der Waals surface area (Å²) in [6.07, 6.45) is 7.58. The van der Waals surface area contributed by atoms with E-state index in [4.69, 9.17) is 5.11 Å².